The van der Waals surface area contributed by atoms with E-state index in [-0.39, 0.29) is 6.03 Å². The molecular weight excluding hydrogens is 278 g/mol. The highest BCUT2D eigenvalue weighted by molar-refractivity contribution is 5.77. The van der Waals surface area contributed by atoms with Crippen LogP contribution in [0.25, 0.3) is 0 Å². The Morgan fingerprint density at radius 3 is 2.73 bits per heavy atom. The Morgan fingerprint density at radius 2 is 1.95 bits per heavy atom. The van der Waals surface area contributed by atoms with E-state index in [4.69, 9.17) is 0 Å². The first kappa shape index (κ1) is 14.1. The number of carbonyl (C=O) groups is 1. The largest absolute Gasteiger partial charge is 0.348 e. The summed E-state index contributed by atoms with van der Waals surface area (Å²) in [7, 11) is 0. The minimum atomic E-state index is 0.287. The highest BCUT2D eigenvalue weighted by atomic mass is 16.2. The Bertz CT molecular complexity index is 511. The molecule has 1 atom stereocenters. The molecule has 22 heavy (non-hydrogen) atoms. The molecule has 3 aliphatic rings. The van der Waals surface area contributed by atoms with Crippen LogP contribution in [-0.4, -0.2) is 69.0 Å². The molecule has 2 aliphatic heterocycles. The third-order valence-electron chi connectivity index (χ3n) is 5.41. The summed E-state index contributed by atoms with van der Waals surface area (Å²) < 4.78 is 0. The van der Waals surface area contributed by atoms with Crippen molar-refractivity contribution in [1.82, 2.24) is 24.7 Å². The predicted octanol–water partition coefficient (Wildman–Crippen LogP) is 1.66. The van der Waals surface area contributed by atoms with Gasteiger partial charge in [-0.2, -0.15) is 0 Å². The number of hydrogen-bond donors (Lipinski definition) is 1. The topological polar surface area (TPSA) is 55.5 Å². The molecule has 0 bridgehead atoms. The molecule has 1 aliphatic carbocycles. The SMILES string of the molecule is O=C1N(C2CCCCC2)C[C@H]2CN(Cc3ncc[nH]3)CCN12. The van der Waals surface area contributed by atoms with Gasteiger partial charge >= 0.3 is 6.03 Å². The maximum Gasteiger partial charge on any atom is 0.320 e. The van der Waals surface area contributed by atoms with E-state index in [1.807, 2.05) is 6.20 Å². The second kappa shape index (κ2) is 5.91. The van der Waals surface area contributed by atoms with E-state index in [9.17, 15) is 4.79 Å². The van der Waals surface area contributed by atoms with Gasteiger partial charge in [0.1, 0.15) is 5.82 Å². The van der Waals surface area contributed by atoms with Crippen molar-refractivity contribution in [2.75, 3.05) is 26.2 Å². The fourth-order valence-electron chi connectivity index (χ4n) is 4.24. The van der Waals surface area contributed by atoms with Crippen LogP contribution in [0.3, 0.4) is 0 Å². The van der Waals surface area contributed by atoms with Gasteiger partial charge < -0.3 is 14.8 Å². The van der Waals surface area contributed by atoms with E-state index in [1.54, 1.807) is 6.20 Å². The van der Waals surface area contributed by atoms with Gasteiger partial charge in [0.25, 0.3) is 0 Å². The smallest absolute Gasteiger partial charge is 0.320 e. The monoisotopic (exact) mass is 303 g/mol. The van der Waals surface area contributed by atoms with E-state index in [2.05, 4.69) is 24.7 Å². The number of amides is 2. The highest BCUT2D eigenvalue weighted by Gasteiger charge is 2.43. The van der Waals surface area contributed by atoms with Crippen LogP contribution in [-0.2, 0) is 6.54 Å². The van der Waals surface area contributed by atoms with Crippen molar-refractivity contribution in [3.05, 3.63) is 18.2 Å². The van der Waals surface area contributed by atoms with Gasteiger partial charge in [-0.3, -0.25) is 4.90 Å². The number of nitrogens with one attached hydrogen (secondary N) is 1. The minimum absolute atomic E-state index is 0.287. The molecule has 1 aromatic heterocycles. The predicted molar refractivity (Wildman–Crippen MR) is 83.3 cm³/mol. The number of urea groups is 1. The molecule has 0 unspecified atom stereocenters. The minimum Gasteiger partial charge on any atom is -0.348 e. The maximum absolute atomic E-state index is 12.7. The fraction of sp³-hybridized carbons (Fsp3) is 0.750. The zero-order chi connectivity index (χ0) is 14.9. The molecular formula is C16H25N5O. The number of hydrogen-bond acceptors (Lipinski definition) is 3. The number of imidazole rings is 1. The summed E-state index contributed by atoms with van der Waals surface area (Å²) in [6.45, 7) is 4.54. The first-order chi connectivity index (χ1) is 10.8. The normalized spacial score (nSPS) is 27.5. The summed E-state index contributed by atoms with van der Waals surface area (Å²) in [4.78, 5) is 26.8. The summed E-state index contributed by atoms with van der Waals surface area (Å²) in [6.07, 6.45) is 9.96. The molecule has 3 fully saturated rings. The number of H-pyrrole nitrogens is 1. The molecule has 0 radical (unpaired) electrons. The van der Waals surface area contributed by atoms with Crippen LogP contribution in [0.15, 0.2) is 12.4 Å². The lowest BCUT2D eigenvalue weighted by atomic mass is 9.94. The van der Waals surface area contributed by atoms with E-state index in [0.29, 0.717) is 12.1 Å². The van der Waals surface area contributed by atoms with E-state index >= 15 is 0 Å². The molecule has 2 saturated heterocycles. The number of aromatic nitrogens is 2. The van der Waals surface area contributed by atoms with Crippen LogP contribution in [0.1, 0.15) is 37.9 Å². The summed E-state index contributed by atoms with van der Waals surface area (Å²) in [6, 6.07) is 1.14. The molecule has 3 heterocycles. The third kappa shape index (κ3) is 2.60. The van der Waals surface area contributed by atoms with Gasteiger partial charge in [0.2, 0.25) is 0 Å². The lowest BCUT2D eigenvalue weighted by Gasteiger charge is -2.35. The van der Waals surface area contributed by atoms with Crippen LogP contribution >= 0.6 is 0 Å². The molecule has 120 valence electrons. The molecule has 1 saturated carbocycles. The first-order valence-electron chi connectivity index (χ1n) is 8.59. The van der Waals surface area contributed by atoms with Crippen molar-refractivity contribution in [2.45, 2.75) is 50.7 Å². The van der Waals surface area contributed by atoms with Crippen molar-refractivity contribution in [1.29, 1.82) is 0 Å². The molecule has 6 heteroatoms. The van der Waals surface area contributed by atoms with Gasteiger partial charge in [-0.05, 0) is 12.8 Å². The average Bonchev–Trinajstić information content (AvgIpc) is 3.16. The second-order valence-electron chi connectivity index (χ2n) is 6.84. The number of nitrogens with zero attached hydrogens (tertiary/aromatic N) is 4. The zero-order valence-electron chi connectivity index (χ0n) is 13.1. The molecule has 0 spiro atoms. The zero-order valence-corrected chi connectivity index (χ0v) is 13.1. The first-order valence-corrected chi connectivity index (χ1v) is 8.59. The van der Waals surface area contributed by atoms with Crippen LogP contribution in [0.5, 0.6) is 0 Å². The van der Waals surface area contributed by atoms with Crippen molar-refractivity contribution < 1.29 is 4.79 Å². The molecule has 1 aromatic rings. The number of fused-ring (bicyclic) bond motifs is 1. The van der Waals surface area contributed by atoms with E-state index in [0.717, 1.165) is 38.5 Å². The van der Waals surface area contributed by atoms with Crippen LogP contribution < -0.4 is 0 Å². The molecule has 0 aromatic carbocycles. The molecule has 4 rings (SSSR count). The number of piperazine rings is 1. The maximum atomic E-state index is 12.7. The Labute approximate surface area is 131 Å². The van der Waals surface area contributed by atoms with Gasteiger partial charge in [-0.25, -0.2) is 9.78 Å². The van der Waals surface area contributed by atoms with Crippen molar-refractivity contribution >= 4 is 6.03 Å². The number of rotatable bonds is 3. The Hall–Kier alpha value is -1.56. The lowest BCUT2D eigenvalue weighted by molar-refractivity contribution is 0.114. The van der Waals surface area contributed by atoms with Gasteiger partial charge in [0.15, 0.2) is 0 Å². The number of aromatic amines is 1. The Balaban J connectivity index is 1.39. The van der Waals surface area contributed by atoms with Gasteiger partial charge in [-0.1, -0.05) is 19.3 Å². The van der Waals surface area contributed by atoms with Crippen molar-refractivity contribution in [2.24, 2.45) is 0 Å². The highest BCUT2D eigenvalue weighted by Crippen LogP contribution is 2.29. The summed E-state index contributed by atoms with van der Waals surface area (Å²) in [5, 5.41) is 0. The van der Waals surface area contributed by atoms with Gasteiger partial charge in [-0.15, -0.1) is 0 Å². The van der Waals surface area contributed by atoms with Gasteiger partial charge in [0, 0.05) is 44.6 Å². The molecule has 6 nitrogen and oxygen atoms in total. The number of carbonyl (C=O) groups excluding carboxylic acids is 1. The van der Waals surface area contributed by atoms with Crippen LogP contribution in [0.4, 0.5) is 4.79 Å². The summed E-state index contributed by atoms with van der Waals surface area (Å²) in [5.74, 6) is 1.02. The van der Waals surface area contributed by atoms with Crippen LogP contribution in [0.2, 0.25) is 0 Å². The van der Waals surface area contributed by atoms with Crippen molar-refractivity contribution in [3.8, 4) is 0 Å². The van der Waals surface area contributed by atoms with Crippen LogP contribution in [0, 0.1) is 0 Å². The quantitative estimate of drug-likeness (QED) is 0.924. The average molecular weight is 303 g/mol. The Kier molecular flexibility index (Phi) is 3.78. The summed E-state index contributed by atoms with van der Waals surface area (Å²) in [5.41, 5.74) is 0. The fourth-order valence-corrected chi connectivity index (χ4v) is 4.24. The van der Waals surface area contributed by atoms with E-state index in [1.165, 1.54) is 32.1 Å². The third-order valence-corrected chi connectivity index (χ3v) is 5.41. The molecule has 1 N–H and O–H groups in total. The Morgan fingerprint density at radius 1 is 1.09 bits per heavy atom. The lowest BCUT2D eigenvalue weighted by Crippen LogP contribution is -2.51. The summed E-state index contributed by atoms with van der Waals surface area (Å²) >= 11 is 0. The van der Waals surface area contributed by atoms with E-state index < -0.39 is 0 Å². The van der Waals surface area contributed by atoms with Crippen molar-refractivity contribution in [3.63, 3.8) is 0 Å². The standard InChI is InChI=1S/C16H25N5O/c22-16-20-9-8-19(12-15-17-6-7-18-15)10-14(20)11-21(16)13-4-2-1-3-5-13/h6-7,13-14H,1-5,8-12H2,(H,17,18)/t14-/m1/s1. The molecule has 2 amide bonds. The second-order valence-corrected chi connectivity index (χ2v) is 6.84. The van der Waals surface area contributed by atoms with Gasteiger partial charge in [0.05, 0.1) is 12.6 Å².